The number of halogens is 1. The third-order valence-corrected chi connectivity index (χ3v) is 1.90. The summed E-state index contributed by atoms with van der Waals surface area (Å²) in [5, 5.41) is 0.755. The predicted molar refractivity (Wildman–Crippen MR) is 55.3 cm³/mol. The van der Waals surface area contributed by atoms with Gasteiger partial charge < -0.3 is 0 Å². The van der Waals surface area contributed by atoms with Crippen molar-refractivity contribution >= 4 is 17.2 Å². The molecule has 0 aliphatic rings. The van der Waals surface area contributed by atoms with Crippen molar-refractivity contribution in [3.63, 3.8) is 0 Å². The highest BCUT2D eigenvalue weighted by molar-refractivity contribution is 6.30. The van der Waals surface area contributed by atoms with Gasteiger partial charge in [-0.25, -0.2) is 0 Å². The fraction of sp³-hybridized carbons (Fsp3) is 0.0909. The van der Waals surface area contributed by atoms with E-state index in [1.807, 2.05) is 30.3 Å². The molecule has 0 bridgehead atoms. The maximum atomic E-state index is 5.74. The minimum Gasteiger partial charge on any atom is -0.103 e. The summed E-state index contributed by atoms with van der Waals surface area (Å²) in [6.07, 6.45) is 2.67. The second kappa shape index (κ2) is 4.13. The third kappa shape index (κ3) is 2.24. The van der Waals surface area contributed by atoms with E-state index in [0.717, 1.165) is 22.6 Å². The van der Waals surface area contributed by atoms with Crippen LogP contribution in [0.15, 0.2) is 43.5 Å². The highest BCUT2D eigenvalue weighted by atomic mass is 35.5. The summed E-state index contributed by atoms with van der Waals surface area (Å²) in [4.78, 5) is 0. The van der Waals surface area contributed by atoms with Gasteiger partial charge in [0.1, 0.15) is 0 Å². The van der Waals surface area contributed by atoms with Crippen LogP contribution in [0.4, 0.5) is 0 Å². The van der Waals surface area contributed by atoms with Gasteiger partial charge >= 0.3 is 0 Å². The number of benzene rings is 1. The third-order valence-electron chi connectivity index (χ3n) is 1.64. The number of allylic oxidation sites excluding steroid dienone is 2. The second-order valence-corrected chi connectivity index (χ2v) is 3.04. The SMILES string of the molecule is C=CCC(=C)c1ccc(Cl)cc1. The first kappa shape index (κ1) is 9.08. The normalized spacial score (nSPS) is 9.42. The molecule has 0 aromatic heterocycles. The highest BCUT2D eigenvalue weighted by Gasteiger charge is 1.95. The molecule has 0 nitrogen and oxygen atoms in total. The standard InChI is InChI=1S/C11H11Cl/c1-3-4-9(2)10-5-7-11(12)8-6-10/h3,5-8H,1-2,4H2. The van der Waals surface area contributed by atoms with Crippen molar-refractivity contribution in [2.75, 3.05) is 0 Å². The van der Waals surface area contributed by atoms with Crippen molar-refractivity contribution < 1.29 is 0 Å². The minimum atomic E-state index is 0.755. The quantitative estimate of drug-likeness (QED) is 0.616. The molecule has 1 heteroatoms. The Morgan fingerprint density at radius 3 is 2.42 bits per heavy atom. The van der Waals surface area contributed by atoms with Gasteiger partial charge in [-0.1, -0.05) is 36.4 Å². The van der Waals surface area contributed by atoms with Gasteiger partial charge in [0, 0.05) is 5.02 Å². The largest absolute Gasteiger partial charge is 0.103 e. The van der Waals surface area contributed by atoms with Gasteiger partial charge in [0.15, 0.2) is 0 Å². The summed E-state index contributed by atoms with van der Waals surface area (Å²) >= 11 is 5.74. The number of rotatable bonds is 3. The molecule has 1 aromatic rings. The molecule has 0 atom stereocenters. The van der Waals surface area contributed by atoms with E-state index >= 15 is 0 Å². The van der Waals surface area contributed by atoms with Crippen LogP contribution in [-0.4, -0.2) is 0 Å². The molecule has 0 saturated heterocycles. The van der Waals surface area contributed by atoms with E-state index in [-0.39, 0.29) is 0 Å². The fourth-order valence-corrected chi connectivity index (χ4v) is 1.10. The van der Waals surface area contributed by atoms with Crippen LogP contribution >= 0.6 is 11.6 Å². The zero-order valence-corrected chi connectivity index (χ0v) is 7.64. The van der Waals surface area contributed by atoms with Crippen LogP contribution in [-0.2, 0) is 0 Å². The lowest BCUT2D eigenvalue weighted by molar-refractivity contribution is 1.41. The Morgan fingerprint density at radius 1 is 1.33 bits per heavy atom. The molecule has 1 rings (SSSR count). The van der Waals surface area contributed by atoms with E-state index in [1.165, 1.54) is 0 Å². The summed E-state index contributed by atoms with van der Waals surface area (Å²) in [7, 11) is 0. The molecular weight excluding hydrogens is 168 g/mol. The highest BCUT2D eigenvalue weighted by Crippen LogP contribution is 2.18. The molecule has 0 amide bonds. The summed E-state index contributed by atoms with van der Waals surface area (Å²) in [5.41, 5.74) is 2.20. The first-order chi connectivity index (χ1) is 5.74. The molecule has 12 heavy (non-hydrogen) atoms. The van der Waals surface area contributed by atoms with Crippen LogP contribution in [0.25, 0.3) is 5.57 Å². The average Bonchev–Trinajstić information content (AvgIpc) is 2.06. The molecule has 62 valence electrons. The maximum Gasteiger partial charge on any atom is 0.0406 e. The molecule has 0 radical (unpaired) electrons. The van der Waals surface area contributed by atoms with Crippen LogP contribution in [0.2, 0.25) is 5.02 Å². The van der Waals surface area contributed by atoms with E-state index in [0.29, 0.717) is 0 Å². The van der Waals surface area contributed by atoms with E-state index in [4.69, 9.17) is 11.6 Å². The Labute approximate surface area is 78.2 Å². The lowest BCUT2D eigenvalue weighted by Crippen LogP contribution is -1.79. The van der Waals surface area contributed by atoms with Crippen molar-refractivity contribution in [2.24, 2.45) is 0 Å². The monoisotopic (exact) mass is 178 g/mol. The van der Waals surface area contributed by atoms with Crippen molar-refractivity contribution in [1.82, 2.24) is 0 Å². The van der Waals surface area contributed by atoms with E-state index in [1.54, 1.807) is 0 Å². The topological polar surface area (TPSA) is 0 Å². The van der Waals surface area contributed by atoms with Crippen molar-refractivity contribution in [2.45, 2.75) is 6.42 Å². The van der Waals surface area contributed by atoms with Gasteiger partial charge in [-0.15, -0.1) is 6.58 Å². The van der Waals surface area contributed by atoms with Crippen LogP contribution < -0.4 is 0 Å². The number of hydrogen-bond acceptors (Lipinski definition) is 0. The number of hydrogen-bond donors (Lipinski definition) is 0. The lowest BCUT2D eigenvalue weighted by Gasteiger charge is -2.01. The van der Waals surface area contributed by atoms with Gasteiger partial charge in [0.25, 0.3) is 0 Å². The molecular formula is C11H11Cl. The van der Waals surface area contributed by atoms with Crippen molar-refractivity contribution in [1.29, 1.82) is 0 Å². The summed E-state index contributed by atoms with van der Waals surface area (Å²) in [6.45, 7) is 7.59. The molecule has 0 fully saturated rings. The lowest BCUT2D eigenvalue weighted by atomic mass is 10.1. The Balaban J connectivity index is 2.82. The predicted octanol–water partition coefficient (Wildman–Crippen LogP) is 3.93. The van der Waals surface area contributed by atoms with Gasteiger partial charge in [0.2, 0.25) is 0 Å². The Kier molecular flexibility index (Phi) is 3.12. The molecule has 0 N–H and O–H groups in total. The van der Waals surface area contributed by atoms with Gasteiger partial charge in [-0.3, -0.25) is 0 Å². The minimum absolute atomic E-state index is 0.755. The summed E-state index contributed by atoms with van der Waals surface area (Å²) in [6, 6.07) is 7.67. The van der Waals surface area contributed by atoms with E-state index < -0.39 is 0 Å². The van der Waals surface area contributed by atoms with E-state index in [9.17, 15) is 0 Å². The molecule has 0 spiro atoms. The smallest absolute Gasteiger partial charge is 0.0406 e. The molecule has 0 aliphatic carbocycles. The van der Waals surface area contributed by atoms with Crippen molar-refractivity contribution in [3.05, 3.63) is 54.1 Å². The molecule has 0 saturated carbocycles. The van der Waals surface area contributed by atoms with Crippen molar-refractivity contribution in [3.8, 4) is 0 Å². The van der Waals surface area contributed by atoms with Gasteiger partial charge in [0.05, 0.1) is 0 Å². The molecule has 1 aromatic carbocycles. The molecule has 0 heterocycles. The van der Waals surface area contributed by atoms with E-state index in [2.05, 4.69) is 13.2 Å². The Bertz CT molecular complexity index is 282. The summed E-state index contributed by atoms with van der Waals surface area (Å²) in [5.74, 6) is 0. The zero-order chi connectivity index (χ0) is 8.97. The Hall–Kier alpha value is -1.01. The van der Waals surface area contributed by atoms with Crippen LogP contribution in [0.3, 0.4) is 0 Å². The van der Waals surface area contributed by atoms with Crippen LogP contribution in [0.5, 0.6) is 0 Å². The zero-order valence-electron chi connectivity index (χ0n) is 6.89. The van der Waals surface area contributed by atoms with Crippen LogP contribution in [0.1, 0.15) is 12.0 Å². The fourth-order valence-electron chi connectivity index (χ4n) is 0.978. The first-order valence-electron chi connectivity index (χ1n) is 3.78. The maximum absolute atomic E-state index is 5.74. The molecule has 0 aliphatic heterocycles. The first-order valence-corrected chi connectivity index (χ1v) is 4.16. The van der Waals surface area contributed by atoms with Gasteiger partial charge in [-0.2, -0.15) is 0 Å². The van der Waals surface area contributed by atoms with Gasteiger partial charge in [-0.05, 0) is 29.7 Å². The Morgan fingerprint density at radius 2 is 1.92 bits per heavy atom. The van der Waals surface area contributed by atoms with Crippen LogP contribution in [0, 0.1) is 0 Å². The average molecular weight is 179 g/mol. The summed E-state index contributed by atoms with van der Waals surface area (Å²) < 4.78 is 0. The second-order valence-electron chi connectivity index (χ2n) is 2.60. The molecule has 0 unspecified atom stereocenters.